The zero-order valence-corrected chi connectivity index (χ0v) is 18.1. The summed E-state index contributed by atoms with van der Waals surface area (Å²) >= 11 is 0.856. The normalized spacial score (nSPS) is 16.2. The van der Waals surface area contributed by atoms with Crippen LogP contribution in [0, 0.1) is 5.92 Å². The van der Waals surface area contributed by atoms with Gasteiger partial charge in [0.25, 0.3) is 11.1 Å². The highest BCUT2D eigenvalue weighted by molar-refractivity contribution is 8.18. The number of rotatable bonds is 9. The van der Waals surface area contributed by atoms with Crippen LogP contribution in [0.25, 0.3) is 6.08 Å². The van der Waals surface area contributed by atoms with Crippen LogP contribution in [0.1, 0.15) is 25.8 Å². The number of carbonyl (C=O) groups excluding carboxylic acids is 3. The van der Waals surface area contributed by atoms with Gasteiger partial charge in [0.15, 0.2) is 11.5 Å². The van der Waals surface area contributed by atoms with Crippen molar-refractivity contribution in [2.75, 3.05) is 34.4 Å². The molecule has 0 spiro atoms. The van der Waals surface area contributed by atoms with Crippen molar-refractivity contribution in [1.29, 1.82) is 0 Å². The van der Waals surface area contributed by atoms with Crippen LogP contribution in [0.4, 0.5) is 4.79 Å². The molecule has 1 fully saturated rings. The highest BCUT2D eigenvalue weighted by atomic mass is 32.2. The molecule has 0 radical (unpaired) electrons. The molecule has 1 aromatic rings. The van der Waals surface area contributed by atoms with Crippen LogP contribution in [0.2, 0.25) is 0 Å². The molecular formula is C20H26N2O6S. The van der Waals surface area contributed by atoms with Crippen LogP contribution < -0.4 is 19.5 Å². The summed E-state index contributed by atoms with van der Waals surface area (Å²) in [4.78, 5) is 38.1. The van der Waals surface area contributed by atoms with Gasteiger partial charge in [-0.3, -0.25) is 19.3 Å². The van der Waals surface area contributed by atoms with Gasteiger partial charge in [0.2, 0.25) is 11.7 Å². The second-order valence-electron chi connectivity index (χ2n) is 6.39. The van der Waals surface area contributed by atoms with Gasteiger partial charge in [0.1, 0.15) is 0 Å². The number of nitrogens with zero attached hydrogens (tertiary/aromatic N) is 1. The number of thioether (sulfide) groups is 1. The maximum Gasteiger partial charge on any atom is 0.293 e. The van der Waals surface area contributed by atoms with E-state index in [0.29, 0.717) is 22.8 Å². The maximum atomic E-state index is 12.6. The average Bonchev–Trinajstić information content (AvgIpc) is 2.99. The van der Waals surface area contributed by atoms with Gasteiger partial charge in [-0.15, -0.1) is 0 Å². The molecule has 1 N–H and O–H groups in total. The third-order valence-corrected chi connectivity index (χ3v) is 5.46. The highest BCUT2D eigenvalue weighted by Crippen LogP contribution is 2.40. The number of amides is 3. The first-order valence-electron chi connectivity index (χ1n) is 9.19. The first-order chi connectivity index (χ1) is 13.9. The van der Waals surface area contributed by atoms with Crippen molar-refractivity contribution < 1.29 is 28.6 Å². The molecule has 1 heterocycles. The van der Waals surface area contributed by atoms with Crippen molar-refractivity contribution in [3.63, 3.8) is 0 Å². The fourth-order valence-corrected chi connectivity index (χ4v) is 3.54. The largest absolute Gasteiger partial charge is 0.493 e. The molecule has 8 nitrogen and oxygen atoms in total. The SMILES string of the molecule is CC[C@@H](C)C(=O)NCCN1C(=O)S/C(=C/c2cc(OC)c(OC)c(OC)c2)C1=O. The molecule has 1 aliphatic heterocycles. The van der Waals surface area contributed by atoms with Gasteiger partial charge >= 0.3 is 0 Å². The van der Waals surface area contributed by atoms with E-state index in [1.807, 2.05) is 13.8 Å². The summed E-state index contributed by atoms with van der Waals surface area (Å²) in [6.45, 7) is 4.10. The molecule has 1 aliphatic rings. The zero-order chi connectivity index (χ0) is 21.6. The fourth-order valence-electron chi connectivity index (χ4n) is 2.68. The van der Waals surface area contributed by atoms with Gasteiger partial charge in [0.05, 0.1) is 26.2 Å². The van der Waals surface area contributed by atoms with Crippen LogP contribution in [0.15, 0.2) is 17.0 Å². The molecule has 2 rings (SSSR count). The van der Waals surface area contributed by atoms with E-state index >= 15 is 0 Å². The Kier molecular flexibility index (Phi) is 7.95. The molecule has 1 saturated heterocycles. The minimum atomic E-state index is -0.397. The first kappa shape index (κ1) is 22.6. The molecule has 29 heavy (non-hydrogen) atoms. The van der Waals surface area contributed by atoms with E-state index < -0.39 is 5.91 Å². The van der Waals surface area contributed by atoms with Crippen molar-refractivity contribution in [1.82, 2.24) is 10.2 Å². The molecule has 1 aromatic carbocycles. The summed E-state index contributed by atoms with van der Waals surface area (Å²) in [5.41, 5.74) is 0.634. The molecule has 0 aromatic heterocycles. The molecule has 3 amide bonds. The topological polar surface area (TPSA) is 94.2 Å². The minimum absolute atomic E-state index is 0.0903. The standard InChI is InChI=1S/C20H26N2O6S/c1-6-12(2)18(23)21-7-8-22-19(24)16(29-20(22)25)11-13-9-14(26-3)17(28-5)15(10-13)27-4/h9-12H,6-8H2,1-5H3,(H,21,23)/b16-11+/t12-/m1/s1. The Morgan fingerprint density at radius 3 is 2.31 bits per heavy atom. The number of carbonyl (C=O) groups is 3. The molecular weight excluding hydrogens is 396 g/mol. The summed E-state index contributed by atoms with van der Waals surface area (Å²) in [6, 6.07) is 3.39. The average molecular weight is 423 g/mol. The Balaban J connectivity index is 2.14. The second kappa shape index (κ2) is 10.2. The third kappa shape index (κ3) is 5.23. The van der Waals surface area contributed by atoms with Crippen LogP contribution in [0.5, 0.6) is 17.2 Å². The van der Waals surface area contributed by atoms with Gasteiger partial charge in [-0.2, -0.15) is 0 Å². The van der Waals surface area contributed by atoms with Crippen LogP contribution in [-0.2, 0) is 9.59 Å². The minimum Gasteiger partial charge on any atom is -0.493 e. The summed E-state index contributed by atoms with van der Waals surface area (Å²) in [7, 11) is 4.51. The lowest BCUT2D eigenvalue weighted by Crippen LogP contribution is -2.38. The van der Waals surface area contributed by atoms with Crippen LogP contribution in [0.3, 0.4) is 0 Å². The lowest BCUT2D eigenvalue weighted by atomic mass is 10.1. The number of nitrogens with one attached hydrogen (secondary N) is 1. The lowest BCUT2D eigenvalue weighted by Gasteiger charge is -2.14. The number of ether oxygens (including phenoxy) is 3. The third-order valence-electron chi connectivity index (χ3n) is 4.55. The smallest absolute Gasteiger partial charge is 0.293 e. The Morgan fingerprint density at radius 2 is 1.79 bits per heavy atom. The van der Waals surface area contributed by atoms with E-state index in [9.17, 15) is 14.4 Å². The molecule has 0 aliphatic carbocycles. The predicted octanol–water partition coefficient (Wildman–Crippen LogP) is 2.91. The van der Waals surface area contributed by atoms with E-state index in [0.717, 1.165) is 23.1 Å². The van der Waals surface area contributed by atoms with Crippen molar-refractivity contribution in [2.24, 2.45) is 5.92 Å². The van der Waals surface area contributed by atoms with E-state index in [2.05, 4.69) is 5.32 Å². The van der Waals surface area contributed by atoms with Gasteiger partial charge in [-0.25, -0.2) is 0 Å². The molecule has 0 unspecified atom stereocenters. The number of hydrogen-bond acceptors (Lipinski definition) is 7. The fraction of sp³-hybridized carbons (Fsp3) is 0.450. The Bertz CT molecular complexity index is 798. The van der Waals surface area contributed by atoms with E-state index in [1.54, 1.807) is 18.2 Å². The van der Waals surface area contributed by atoms with Gasteiger partial charge in [0, 0.05) is 19.0 Å². The number of methoxy groups -OCH3 is 3. The number of imide groups is 1. The van der Waals surface area contributed by atoms with Gasteiger partial charge < -0.3 is 19.5 Å². The van der Waals surface area contributed by atoms with Crippen molar-refractivity contribution in [2.45, 2.75) is 20.3 Å². The van der Waals surface area contributed by atoms with Crippen LogP contribution in [-0.4, -0.2) is 56.4 Å². The monoisotopic (exact) mass is 422 g/mol. The van der Waals surface area contributed by atoms with E-state index in [4.69, 9.17) is 14.2 Å². The lowest BCUT2D eigenvalue weighted by molar-refractivity contribution is -0.126. The van der Waals surface area contributed by atoms with Gasteiger partial charge in [-0.1, -0.05) is 13.8 Å². The first-order valence-corrected chi connectivity index (χ1v) is 10.0. The Morgan fingerprint density at radius 1 is 1.17 bits per heavy atom. The van der Waals surface area contributed by atoms with Crippen LogP contribution >= 0.6 is 11.8 Å². The summed E-state index contributed by atoms with van der Waals surface area (Å²) in [5, 5.41) is 2.38. The molecule has 9 heteroatoms. The van der Waals surface area contributed by atoms with Crippen molar-refractivity contribution in [3.05, 3.63) is 22.6 Å². The Labute approximate surface area is 174 Å². The highest BCUT2D eigenvalue weighted by Gasteiger charge is 2.34. The molecule has 0 saturated carbocycles. The van der Waals surface area contributed by atoms with Gasteiger partial charge in [-0.05, 0) is 42.0 Å². The predicted molar refractivity (Wildman–Crippen MR) is 111 cm³/mol. The Hall–Kier alpha value is -2.68. The molecule has 158 valence electrons. The summed E-state index contributed by atoms with van der Waals surface area (Å²) in [6.07, 6.45) is 2.33. The quantitative estimate of drug-likeness (QED) is 0.612. The zero-order valence-electron chi connectivity index (χ0n) is 17.2. The van der Waals surface area contributed by atoms with E-state index in [-0.39, 0.29) is 35.1 Å². The van der Waals surface area contributed by atoms with Crippen molar-refractivity contribution >= 4 is 34.9 Å². The number of hydrogen-bond donors (Lipinski definition) is 1. The summed E-state index contributed by atoms with van der Waals surface area (Å²) < 4.78 is 15.9. The van der Waals surface area contributed by atoms with E-state index in [1.165, 1.54) is 21.3 Å². The summed E-state index contributed by atoms with van der Waals surface area (Å²) in [5.74, 6) is 0.747. The molecule has 1 atom stereocenters. The maximum absolute atomic E-state index is 12.6. The second-order valence-corrected chi connectivity index (χ2v) is 7.39. The number of benzene rings is 1. The van der Waals surface area contributed by atoms with Crippen molar-refractivity contribution in [3.8, 4) is 17.2 Å². The molecule has 0 bridgehead atoms.